The third kappa shape index (κ3) is 2.72. The molecule has 0 amide bonds. The van der Waals surface area contributed by atoms with Crippen LogP contribution in [0.15, 0.2) is 4.52 Å². The van der Waals surface area contributed by atoms with Crippen LogP contribution >= 0.6 is 0 Å². The summed E-state index contributed by atoms with van der Waals surface area (Å²) in [5.41, 5.74) is 0. The summed E-state index contributed by atoms with van der Waals surface area (Å²) in [4.78, 5) is 6.90. The van der Waals surface area contributed by atoms with Gasteiger partial charge in [0.05, 0.1) is 6.61 Å². The summed E-state index contributed by atoms with van der Waals surface area (Å²) in [5, 5.41) is 4.04. The summed E-state index contributed by atoms with van der Waals surface area (Å²) in [5.74, 6) is 2.80. The quantitative estimate of drug-likeness (QED) is 0.816. The number of aryl methyl sites for hydroxylation is 1. The summed E-state index contributed by atoms with van der Waals surface area (Å²) in [6.07, 6.45) is 3.52. The van der Waals surface area contributed by atoms with Crippen molar-refractivity contribution in [1.82, 2.24) is 15.0 Å². The SMILES string of the molecule is Cc1nc(C2CCN(CC3CCOC3)CC2)no1. The average Bonchev–Trinajstić information content (AvgIpc) is 3.02. The number of aromatic nitrogens is 2. The maximum Gasteiger partial charge on any atom is 0.223 e. The van der Waals surface area contributed by atoms with E-state index in [9.17, 15) is 0 Å². The van der Waals surface area contributed by atoms with Gasteiger partial charge in [-0.15, -0.1) is 0 Å². The van der Waals surface area contributed by atoms with Gasteiger partial charge in [0.25, 0.3) is 0 Å². The molecule has 2 saturated heterocycles. The van der Waals surface area contributed by atoms with Crippen molar-refractivity contribution in [2.45, 2.75) is 32.1 Å². The molecule has 1 atom stereocenters. The van der Waals surface area contributed by atoms with Crippen molar-refractivity contribution >= 4 is 0 Å². The monoisotopic (exact) mass is 251 g/mol. The highest BCUT2D eigenvalue weighted by molar-refractivity contribution is 4.97. The Morgan fingerprint density at radius 2 is 2.11 bits per heavy atom. The Hall–Kier alpha value is -0.940. The largest absolute Gasteiger partial charge is 0.381 e. The van der Waals surface area contributed by atoms with Gasteiger partial charge in [0.2, 0.25) is 5.89 Å². The number of nitrogens with zero attached hydrogens (tertiary/aromatic N) is 3. The van der Waals surface area contributed by atoms with Gasteiger partial charge in [-0.25, -0.2) is 0 Å². The Kier molecular flexibility index (Phi) is 3.61. The van der Waals surface area contributed by atoms with E-state index in [1.807, 2.05) is 6.92 Å². The molecule has 3 rings (SSSR count). The van der Waals surface area contributed by atoms with Crippen molar-refractivity contribution in [1.29, 1.82) is 0 Å². The van der Waals surface area contributed by atoms with Crippen LogP contribution in [0, 0.1) is 12.8 Å². The van der Waals surface area contributed by atoms with Gasteiger partial charge in [-0.2, -0.15) is 4.98 Å². The molecule has 1 aromatic rings. The van der Waals surface area contributed by atoms with E-state index in [0.29, 0.717) is 11.8 Å². The number of rotatable bonds is 3. The van der Waals surface area contributed by atoms with E-state index < -0.39 is 0 Å². The molecule has 2 fully saturated rings. The number of hydrogen-bond acceptors (Lipinski definition) is 5. The fourth-order valence-electron chi connectivity index (χ4n) is 2.95. The Labute approximate surface area is 107 Å². The van der Waals surface area contributed by atoms with E-state index in [-0.39, 0.29) is 0 Å². The van der Waals surface area contributed by atoms with Gasteiger partial charge < -0.3 is 14.2 Å². The Morgan fingerprint density at radius 3 is 2.72 bits per heavy atom. The number of hydrogen-bond donors (Lipinski definition) is 0. The summed E-state index contributed by atoms with van der Waals surface area (Å²) < 4.78 is 10.5. The molecule has 1 unspecified atom stereocenters. The van der Waals surface area contributed by atoms with Gasteiger partial charge in [-0.3, -0.25) is 0 Å². The Morgan fingerprint density at radius 1 is 1.28 bits per heavy atom. The van der Waals surface area contributed by atoms with Crippen molar-refractivity contribution in [2.24, 2.45) is 5.92 Å². The van der Waals surface area contributed by atoms with E-state index in [2.05, 4.69) is 15.0 Å². The highest BCUT2D eigenvalue weighted by Crippen LogP contribution is 2.27. The van der Waals surface area contributed by atoms with Crippen molar-refractivity contribution in [3.63, 3.8) is 0 Å². The normalized spacial score (nSPS) is 26.8. The summed E-state index contributed by atoms with van der Waals surface area (Å²) >= 11 is 0. The van der Waals surface area contributed by atoms with E-state index in [4.69, 9.17) is 9.26 Å². The summed E-state index contributed by atoms with van der Waals surface area (Å²) in [6, 6.07) is 0. The van der Waals surface area contributed by atoms with Gasteiger partial charge in [-0.05, 0) is 38.3 Å². The zero-order chi connectivity index (χ0) is 12.4. The van der Waals surface area contributed by atoms with Crippen molar-refractivity contribution in [3.8, 4) is 0 Å². The molecule has 5 heteroatoms. The molecule has 2 aliphatic rings. The van der Waals surface area contributed by atoms with E-state index in [0.717, 1.165) is 50.9 Å². The molecule has 0 bridgehead atoms. The predicted molar refractivity (Wildman–Crippen MR) is 66.4 cm³/mol. The van der Waals surface area contributed by atoms with Crippen LogP contribution in [-0.4, -0.2) is 47.9 Å². The second-order valence-corrected chi connectivity index (χ2v) is 5.48. The standard InChI is InChI=1S/C13H21N3O2/c1-10-14-13(15-18-10)12-2-5-16(6-3-12)8-11-4-7-17-9-11/h11-12H,2-9H2,1H3. The third-order valence-corrected chi connectivity index (χ3v) is 4.04. The zero-order valence-electron chi connectivity index (χ0n) is 11.0. The van der Waals surface area contributed by atoms with Crippen molar-refractivity contribution in [3.05, 3.63) is 11.7 Å². The molecule has 0 aliphatic carbocycles. The lowest BCUT2D eigenvalue weighted by atomic mass is 9.95. The average molecular weight is 251 g/mol. The second kappa shape index (κ2) is 5.36. The molecule has 0 radical (unpaired) electrons. The molecule has 0 aromatic carbocycles. The smallest absolute Gasteiger partial charge is 0.223 e. The van der Waals surface area contributed by atoms with Crippen LogP contribution < -0.4 is 0 Å². The topological polar surface area (TPSA) is 51.4 Å². The van der Waals surface area contributed by atoms with Crippen LogP contribution in [0.3, 0.4) is 0 Å². The van der Waals surface area contributed by atoms with Gasteiger partial charge in [0, 0.05) is 26.0 Å². The lowest BCUT2D eigenvalue weighted by molar-refractivity contribution is 0.151. The number of likely N-dealkylation sites (tertiary alicyclic amines) is 1. The van der Waals surface area contributed by atoms with Crippen LogP contribution in [0.25, 0.3) is 0 Å². The molecule has 3 heterocycles. The van der Waals surface area contributed by atoms with Gasteiger partial charge in [-0.1, -0.05) is 5.16 Å². The molecular formula is C13H21N3O2. The van der Waals surface area contributed by atoms with E-state index >= 15 is 0 Å². The molecule has 18 heavy (non-hydrogen) atoms. The molecule has 100 valence electrons. The maximum atomic E-state index is 5.43. The first kappa shape index (κ1) is 12.1. The molecule has 0 saturated carbocycles. The first-order valence-corrected chi connectivity index (χ1v) is 6.91. The second-order valence-electron chi connectivity index (χ2n) is 5.48. The third-order valence-electron chi connectivity index (χ3n) is 4.04. The van der Waals surface area contributed by atoms with Gasteiger partial charge in [0.15, 0.2) is 5.82 Å². The lowest BCUT2D eigenvalue weighted by Crippen LogP contribution is -2.36. The first-order chi connectivity index (χ1) is 8.81. The molecule has 2 aliphatic heterocycles. The van der Waals surface area contributed by atoms with E-state index in [1.54, 1.807) is 0 Å². The molecule has 5 nitrogen and oxygen atoms in total. The van der Waals surface area contributed by atoms with Crippen LogP contribution in [-0.2, 0) is 4.74 Å². The van der Waals surface area contributed by atoms with Crippen molar-refractivity contribution in [2.75, 3.05) is 32.8 Å². The molecule has 0 N–H and O–H groups in total. The van der Waals surface area contributed by atoms with E-state index in [1.165, 1.54) is 13.0 Å². The fourth-order valence-corrected chi connectivity index (χ4v) is 2.95. The Balaban J connectivity index is 1.48. The molecular weight excluding hydrogens is 230 g/mol. The van der Waals surface area contributed by atoms with Crippen LogP contribution in [0.4, 0.5) is 0 Å². The summed E-state index contributed by atoms with van der Waals surface area (Å²) in [6.45, 7) is 7.24. The molecule has 0 spiro atoms. The lowest BCUT2D eigenvalue weighted by Gasteiger charge is -2.31. The summed E-state index contributed by atoms with van der Waals surface area (Å²) in [7, 11) is 0. The van der Waals surface area contributed by atoms with Crippen LogP contribution in [0.1, 0.15) is 36.9 Å². The predicted octanol–water partition coefficient (Wildman–Crippen LogP) is 1.59. The number of ether oxygens (including phenoxy) is 1. The van der Waals surface area contributed by atoms with Gasteiger partial charge in [0.1, 0.15) is 0 Å². The minimum Gasteiger partial charge on any atom is -0.381 e. The van der Waals surface area contributed by atoms with Crippen molar-refractivity contribution < 1.29 is 9.26 Å². The van der Waals surface area contributed by atoms with Crippen LogP contribution in [0.2, 0.25) is 0 Å². The Bertz CT molecular complexity index is 379. The first-order valence-electron chi connectivity index (χ1n) is 6.91. The minimum absolute atomic E-state index is 0.485. The molecule has 1 aromatic heterocycles. The minimum atomic E-state index is 0.485. The number of piperidine rings is 1. The van der Waals surface area contributed by atoms with Crippen LogP contribution in [0.5, 0.6) is 0 Å². The highest BCUT2D eigenvalue weighted by atomic mass is 16.5. The fraction of sp³-hybridized carbons (Fsp3) is 0.846. The highest BCUT2D eigenvalue weighted by Gasteiger charge is 2.26. The maximum absolute atomic E-state index is 5.43. The zero-order valence-corrected chi connectivity index (χ0v) is 11.0. The van der Waals surface area contributed by atoms with Gasteiger partial charge >= 0.3 is 0 Å².